The highest BCUT2D eigenvalue weighted by molar-refractivity contribution is 5.98. The van der Waals surface area contributed by atoms with Gasteiger partial charge in [-0.05, 0) is 53.8 Å². The smallest absolute Gasteiger partial charge is 0.348 e. The van der Waals surface area contributed by atoms with Crippen LogP contribution in [0.2, 0.25) is 0 Å². The molecule has 0 aliphatic heterocycles. The molecule has 0 fully saturated rings. The number of hydrogen-bond acceptors (Lipinski definition) is 5. The van der Waals surface area contributed by atoms with Gasteiger partial charge in [0.2, 0.25) is 0 Å². The van der Waals surface area contributed by atoms with Gasteiger partial charge >= 0.3 is 11.9 Å². The molecule has 28 heavy (non-hydrogen) atoms. The first kappa shape index (κ1) is 20.9. The van der Waals surface area contributed by atoms with Crippen LogP contribution in [0, 0.1) is 11.3 Å². The third-order valence-corrected chi connectivity index (χ3v) is 3.98. The minimum absolute atomic E-state index is 0.000471. The number of esters is 2. The van der Waals surface area contributed by atoms with Crippen LogP contribution in [0.1, 0.15) is 49.2 Å². The first-order valence-corrected chi connectivity index (χ1v) is 8.96. The third kappa shape index (κ3) is 5.55. The van der Waals surface area contributed by atoms with Gasteiger partial charge in [0.15, 0.2) is 0 Å². The fourth-order valence-corrected chi connectivity index (χ4v) is 2.45. The van der Waals surface area contributed by atoms with Crippen LogP contribution in [0.25, 0.3) is 6.08 Å². The molecule has 0 bridgehead atoms. The molecule has 2 rings (SSSR count). The summed E-state index contributed by atoms with van der Waals surface area (Å²) in [5, 5.41) is 9.12. The third-order valence-electron chi connectivity index (χ3n) is 3.98. The number of carbonyl (C=O) groups excluding carboxylic acids is 2. The molecular weight excluding hydrogens is 354 g/mol. The Labute approximate surface area is 165 Å². The van der Waals surface area contributed by atoms with Crippen LogP contribution >= 0.6 is 0 Å². The minimum Gasteiger partial charge on any atom is -0.462 e. The molecule has 144 valence electrons. The Kier molecular flexibility index (Phi) is 6.73. The van der Waals surface area contributed by atoms with E-state index in [1.165, 1.54) is 6.08 Å². The molecule has 5 heteroatoms. The molecule has 2 aromatic rings. The maximum absolute atomic E-state index is 12.4. The number of rotatable bonds is 5. The largest absolute Gasteiger partial charge is 0.462 e. The fourth-order valence-electron chi connectivity index (χ4n) is 2.45. The quantitative estimate of drug-likeness (QED) is 0.327. The highest BCUT2D eigenvalue weighted by atomic mass is 16.5. The molecular formula is C23H23NO4. The molecule has 0 amide bonds. The van der Waals surface area contributed by atoms with E-state index in [1.54, 1.807) is 43.3 Å². The van der Waals surface area contributed by atoms with E-state index < -0.39 is 11.9 Å². The fraction of sp³-hybridized carbons (Fsp3) is 0.261. The molecule has 0 aliphatic rings. The molecule has 0 saturated carbocycles. The summed E-state index contributed by atoms with van der Waals surface area (Å²) in [7, 11) is 0. The van der Waals surface area contributed by atoms with Gasteiger partial charge in [-0.15, -0.1) is 0 Å². The van der Waals surface area contributed by atoms with Gasteiger partial charge in [-0.2, -0.15) is 5.26 Å². The van der Waals surface area contributed by atoms with Crippen molar-refractivity contribution in [3.05, 3.63) is 70.8 Å². The monoisotopic (exact) mass is 377 g/mol. The van der Waals surface area contributed by atoms with Crippen molar-refractivity contribution < 1.29 is 19.1 Å². The Morgan fingerprint density at radius 2 is 1.79 bits per heavy atom. The predicted molar refractivity (Wildman–Crippen MR) is 107 cm³/mol. The first-order valence-electron chi connectivity index (χ1n) is 8.96. The molecule has 0 aliphatic carbocycles. The van der Waals surface area contributed by atoms with Gasteiger partial charge in [-0.25, -0.2) is 9.59 Å². The summed E-state index contributed by atoms with van der Waals surface area (Å²) in [6.45, 7) is 8.16. The maximum Gasteiger partial charge on any atom is 0.348 e. The van der Waals surface area contributed by atoms with Crippen molar-refractivity contribution in [3.8, 4) is 11.8 Å². The lowest BCUT2D eigenvalue weighted by atomic mass is 9.87. The van der Waals surface area contributed by atoms with Crippen LogP contribution in [0.15, 0.2) is 54.1 Å². The lowest BCUT2D eigenvalue weighted by molar-refractivity contribution is -0.137. The normalized spacial score (nSPS) is 11.5. The van der Waals surface area contributed by atoms with Crippen molar-refractivity contribution in [3.63, 3.8) is 0 Å². The molecule has 0 aromatic heterocycles. The summed E-state index contributed by atoms with van der Waals surface area (Å²) >= 11 is 0. The van der Waals surface area contributed by atoms with Crippen molar-refractivity contribution in [2.75, 3.05) is 6.61 Å². The average molecular weight is 377 g/mol. The molecule has 0 N–H and O–H groups in total. The van der Waals surface area contributed by atoms with Crippen molar-refractivity contribution >= 4 is 18.0 Å². The topological polar surface area (TPSA) is 76.4 Å². The highest BCUT2D eigenvalue weighted by Crippen LogP contribution is 2.23. The van der Waals surface area contributed by atoms with Gasteiger partial charge in [0, 0.05) is 0 Å². The van der Waals surface area contributed by atoms with Crippen LogP contribution < -0.4 is 4.74 Å². The Bertz CT molecular complexity index is 928. The second-order valence-corrected chi connectivity index (χ2v) is 7.18. The first-order chi connectivity index (χ1) is 13.2. The summed E-state index contributed by atoms with van der Waals surface area (Å²) in [6.07, 6.45) is 1.40. The van der Waals surface area contributed by atoms with Gasteiger partial charge in [0.05, 0.1) is 12.2 Å². The van der Waals surface area contributed by atoms with Crippen molar-refractivity contribution in [2.45, 2.75) is 33.1 Å². The van der Waals surface area contributed by atoms with E-state index >= 15 is 0 Å². The van der Waals surface area contributed by atoms with Crippen molar-refractivity contribution in [1.82, 2.24) is 0 Å². The standard InChI is InChI=1S/C23H23NO4/c1-5-27-21(25)18(15-24)13-16-7-6-8-20(14-16)28-22(26)17-9-11-19(12-10-17)23(2,3)4/h6-14H,5H2,1-4H3/b18-13+. The Hall–Kier alpha value is -3.39. The van der Waals surface area contributed by atoms with E-state index in [2.05, 4.69) is 20.8 Å². The van der Waals surface area contributed by atoms with Crippen LogP contribution in [0.5, 0.6) is 5.75 Å². The van der Waals surface area contributed by atoms with Crippen molar-refractivity contribution in [1.29, 1.82) is 5.26 Å². The zero-order valence-electron chi connectivity index (χ0n) is 16.5. The van der Waals surface area contributed by atoms with Gasteiger partial charge in [-0.3, -0.25) is 0 Å². The lowest BCUT2D eigenvalue weighted by Gasteiger charge is -2.18. The molecule has 2 aromatic carbocycles. The van der Waals surface area contributed by atoms with E-state index in [4.69, 9.17) is 14.7 Å². The molecule has 0 spiro atoms. The Balaban J connectivity index is 2.17. The highest BCUT2D eigenvalue weighted by Gasteiger charge is 2.15. The SMILES string of the molecule is CCOC(=O)/C(C#N)=C/c1cccc(OC(=O)c2ccc(C(C)(C)C)cc2)c1. The van der Waals surface area contributed by atoms with E-state index in [9.17, 15) is 9.59 Å². The average Bonchev–Trinajstić information content (AvgIpc) is 2.66. The number of nitriles is 1. The van der Waals surface area contributed by atoms with E-state index in [1.807, 2.05) is 18.2 Å². The van der Waals surface area contributed by atoms with Gasteiger partial charge in [-0.1, -0.05) is 45.0 Å². The zero-order valence-corrected chi connectivity index (χ0v) is 16.5. The maximum atomic E-state index is 12.4. The van der Waals surface area contributed by atoms with Crippen LogP contribution in [0.4, 0.5) is 0 Å². The summed E-state index contributed by atoms with van der Waals surface area (Å²) < 4.78 is 10.3. The summed E-state index contributed by atoms with van der Waals surface area (Å²) in [6, 6.07) is 15.7. The molecule has 0 unspecified atom stereocenters. The van der Waals surface area contributed by atoms with Gasteiger partial charge in [0.1, 0.15) is 17.4 Å². The zero-order chi connectivity index (χ0) is 20.7. The number of nitrogens with zero attached hydrogens (tertiary/aromatic N) is 1. The lowest BCUT2D eigenvalue weighted by Crippen LogP contribution is -2.13. The van der Waals surface area contributed by atoms with Crippen LogP contribution in [-0.2, 0) is 14.9 Å². The molecule has 0 heterocycles. The predicted octanol–water partition coefficient (Wildman–Crippen LogP) is 4.67. The molecule has 0 radical (unpaired) electrons. The van der Waals surface area contributed by atoms with Crippen LogP contribution in [0.3, 0.4) is 0 Å². The number of ether oxygens (including phenoxy) is 2. The minimum atomic E-state index is -0.689. The number of hydrogen-bond donors (Lipinski definition) is 0. The molecule has 0 atom stereocenters. The number of benzene rings is 2. The number of carbonyl (C=O) groups is 2. The Morgan fingerprint density at radius 1 is 1.11 bits per heavy atom. The van der Waals surface area contributed by atoms with E-state index in [-0.39, 0.29) is 17.6 Å². The van der Waals surface area contributed by atoms with Crippen molar-refractivity contribution in [2.24, 2.45) is 0 Å². The molecule has 0 saturated heterocycles. The summed E-state index contributed by atoms with van der Waals surface area (Å²) in [5.74, 6) is -0.848. The molecule has 5 nitrogen and oxygen atoms in total. The Morgan fingerprint density at radius 3 is 2.36 bits per heavy atom. The van der Waals surface area contributed by atoms with Gasteiger partial charge in [0.25, 0.3) is 0 Å². The summed E-state index contributed by atoms with van der Waals surface area (Å²) in [5.41, 5.74) is 2.00. The second-order valence-electron chi connectivity index (χ2n) is 7.18. The van der Waals surface area contributed by atoms with E-state index in [0.717, 1.165) is 5.56 Å². The van der Waals surface area contributed by atoms with Gasteiger partial charge < -0.3 is 9.47 Å². The van der Waals surface area contributed by atoms with Crippen LogP contribution in [-0.4, -0.2) is 18.5 Å². The summed E-state index contributed by atoms with van der Waals surface area (Å²) in [4.78, 5) is 24.1. The van der Waals surface area contributed by atoms with E-state index in [0.29, 0.717) is 16.9 Å². The second kappa shape index (κ2) is 9.01.